The second-order valence-electron chi connectivity index (χ2n) is 6.66. The average molecular weight is 389 g/mol. The minimum Gasteiger partial charge on any atom is -0.340 e. The van der Waals surface area contributed by atoms with E-state index < -0.39 is 0 Å². The zero-order valence-corrected chi connectivity index (χ0v) is 16.4. The minimum atomic E-state index is -0.0392. The van der Waals surface area contributed by atoms with Gasteiger partial charge in [0.15, 0.2) is 0 Å². The number of rotatable bonds is 6. The third kappa shape index (κ3) is 4.27. The molecule has 1 aromatic heterocycles. The van der Waals surface area contributed by atoms with Crippen molar-refractivity contribution in [2.75, 3.05) is 11.9 Å². The molecule has 0 unspecified atom stereocenters. The van der Waals surface area contributed by atoms with E-state index in [1.807, 2.05) is 24.3 Å². The number of thiophene rings is 1. The predicted molar refractivity (Wildman–Crippen MR) is 106 cm³/mol. The van der Waals surface area contributed by atoms with Gasteiger partial charge in [0, 0.05) is 15.5 Å². The topological polar surface area (TPSA) is 69.5 Å². The molecular formula is C20H23ClN3OS+. The van der Waals surface area contributed by atoms with Crippen molar-refractivity contribution in [3.05, 3.63) is 50.9 Å². The summed E-state index contributed by atoms with van der Waals surface area (Å²) in [7, 11) is 0. The highest BCUT2D eigenvalue weighted by Crippen LogP contribution is 2.37. The summed E-state index contributed by atoms with van der Waals surface area (Å²) in [5.41, 5.74) is 2.90. The van der Waals surface area contributed by atoms with Crippen LogP contribution < -0.4 is 10.6 Å². The van der Waals surface area contributed by atoms with Gasteiger partial charge in [0.2, 0.25) is 5.91 Å². The van der Waals surface area contributed by atoms with Gasteiger partial charge < -0.3 is 10.6 Å². The summed E-state index contributed by atoms with van der Waals surface area (Å²) < 4.78 is 0. The molecule has 3 N–H and O–H groups in total. The molecule has 0 saturated heterocycles. The van der Waals surface area contributed by atoms with Gasteiger partial charge in [0.05, 0.1) is 18.5 Å². The molecule has 2 aromatic rings. The number of halogens is 1. The fourth-order valence-corrected chi connectivity index (χ4v) is 4.96. The van der Waals surface area contributed by atoms with Crippen LogP contribution in [0.1, 0.15) is 53.8 Å². The van der Waals surface area contributed by atoms with Crippen LogP contribution in [0.5, 0.6) is 0 Å². The zero-order chi connectivity index (χ0) is 18.5. The van der Waals surface area contributed by atoms with Gasteiger partial charge in [0.25, 0.3) is 0 Å². The summed E-state index contributed by atoms with van der Waals surface area (Å²) in [5.74, 6) is -0.0392. The summed E-state index contributed by atoms with van der Waals surface area (Å²) in [5, 5.41) is 16.0. The highest BCUT2D eigenvalue weighted by molar-refractivity contribution is 7.16. The molecule has 0 fully saturated rings. The molecule has 0 saturated carbocycles. The van der Waals surface area contributed by atoms with Crippen LogP contribution in [-0.2, 0) is 17.6 Å². The van der Waals surface area contributed by atoms with Crippen LogP contribution in [0.3, 0.4) is 0 Å². The predicted octanol–water partition coefficient (Wildman–Crippen LogP) is 3.81. The lowest BCUT2D eigenvalue weighted by Gasteiger charge is -2.12. The van der Waals surface area contributed by atoms with Crippen LogP contribution >= 0.6 is 22.9 Å². The van der Waals surface area contributed by atoms with Crippen LogP contribution in [0.2, 0.25) is 5.02 Å². The first-order valence-corrected chi connectivity index (χ1v) is 10.2. The number of anilines is 1. The van der Waals surface area contributed by atoms with Crippen molar-refractivity contribution in [1.29, 1.82) is 5.26 Å². The Morgan fingerprint density at radius 3 is 2.92 bits per heavy atom. The molecule has 0 radical (unpaired) electrons. The van der Waals surface area contributed by atoms with Gasteiger partial charge in [-0.25, -0.2) is 0 Å². The smallest absolute Gasteiger partial charge is 0.230 e. The van der Waals surface area contributed by atoms with Gasteiger partial charge in [-0.3, -0.25) is 4.79 Å². The first-order chi connectivity index (χ1) is 12.6. The molecule has 1 amide bonds. The van der Waals surface area contributed by atoms with Crippen molar-refractivity contribution in [2.45, 2.75) is 45.1 Å². The molecule has 3 rings (SSSR count). The number of nitriles is 1. The van der Waals surface area contributed by atoms with Crippen molar-refractivity contribution in [3.63, 3.8) is 0 Å². The summed E-state index contributed by atoms with van der Waals surface area (Å²) in [6, 6.07) is 10.3. The molecule has 1 aliphatic rings. The van der Waals surface area contributed by atoms with E-state index in [0.29, 0.717) is 18.5 Å². The Kier molecular flexibility index (Phi) is 6.31. The minimum absolute atomic E-state index is 0.0392. The standard InChI is InChI=1S/C20H22ClN3OS/c1-13(14-6-2-4-8-17(14)21)23-11-10-19(25)24-20-16(12-22)15-7-3-5-9-18(15)26-20/h2,4,6,8,13,23H,3,5,7,9-11H2,1H3,(H,24,25)/p+1/t13-/m1/s1. The first kappa shape index (κ1) is 18.9. The summed E-state index contributed by atoms with van der Waals surface area (Å²) >= 11 is 7.79. The van der Waals surface area contributed by atoms with E-state index in [1.54, 1.807) is 11.3 Å². The van der Waals surface area contributed by atoms with Crippen LogP contribution in [0.25, 0.3) is 0 Å². The highest BCUT2D eigenvalue weighted by atomic mass is 35.5. The molecule has 6 heteroatoms. The van der Waals surface area contributed by atoms with E-state index in [4.69, 9.17) is 11.6 Å². The Balaban J connectivity index is 1.54. The molecular weight excluding hydrogens is 366 g/mol. The molecule has 26 heavy (non-hydrogen) atoms. The Labute approximate surface area is 163 Å². The normalized spacial score (nSPS) is 14.3. The SMILES string of the molecule is C[C@@H]([NH2+]CCC(=O)Nc1sc2c(c1C#N)CCCC2)c1ccccc1Cl. The molecule has 0 aliphatic heterocycles. The zero-order valence-electron chi connectivity index (χ0n) is 14.8. The maximum Gasteiger partial charge on any atom is 0.230 e. The maximum atomic E-state index is 12.3. The van der Waals surface area contributed by atoms with Crippen LogP contribution in [-0.4, -0.2) is 12.5 Å². The number of benzene rings is 1. The second-order valence-corrected chi connectivity index (χ2v) is 8.17. The molecule has 0 spiro atoms. The number of aryl methyl sites for hydroxylation is 1. The number of fused-ring (bicyclic) bond motifs is 1. The number of nitrogens with two attached hydrogens (primary N) is 1. The van der Waals surface area contributed by atoms with Gasteiger partial charge in [-0.15, -0.1) is 11.3 Å². The molecule has 1 heterocycles. The Morgan fingerprint density at radius 2 is 2.15 bits per heavy atom. The van der Waals surface area contributed by atoms with E-state index in [2.05, 4.69) is 23.6 Å². The van der Waals surface area contributed by atoms with Crippen molar-refractivity contribution >= 4 is 33.8 Å². The summed E-state index contributed by atoms with van der Waals surface area (Å²) in [6.45, 7) is 2.76. The van der Waals surface area contributed by atoms with E-state index in [1.165, 1.54) is 11.3 Å². The summed E-state index contributed by atoms with van der Waals surface area (Å²) in [4.78, 5) is 13.6. The number of quaternary nitrogens is 1. The lowest BCUT2D eigenvalue weighted by Crippen LogP contribution is -2.85. The van der Waals surface area contributed by atoms with Gasteiger partial charge >= 0.3 is 0 Å². The third-order valence-electron chi connectivity index (χ3n) is 4.82. The van der Waals surface area contributed by atoms with Gasteiger partial charge in [-0.1, -0.05) is 29.8 Å². The number of nitrogens with zero attached hydrogens (tertiary/aromatic N) is 1. The Hall–Kier alpha value is -1.87. The largest absolute Gasteiger partial charge is 0.340 e. The Morgan fingerprint density at radius 1 is 1.38 bits per heavy atom. The lowest BCUT2D eigenvalue weighted by atomic mass is 9.96. The number of nitrogens with one attached hydrogen (secondary N) is 1. The molecule has 1 aliphatic carbocycles. The van der Waals surface area contributed by atoms with Crippen molar-refractivity contribution in [3.8, 4) is 6.07 Å². The van der Waals surface area contributed by atoms with E-state index in [9.17, 15) is 10.1 Å². The number of hydrogen-bond acceptors (Lipinski definition) is 3. The van der Waals surface area contributed by atoms with Crippen molar-refractivity contribution < 1.29 is 10.1 Å². The van der Waals surface area contributed by atoms with Crippen LogP contribution in [0.15, 0.2) is 24.3 Å². The van der Waals surface area contributed by atoms with Gasteiger partial charge in [-0.05, 0) is 44.2 Å². The monoisotopic (exact) mass is 388 g/mol. The number of carbonyl (C=O) groups is 1. The van der Waals surface area contributed by atoms with Crippen LogP contribution in [0.4, 0.5) is 5.00 Å². The first-order valence-electron chi connectivity index (χ1n) is 9.02. The molecule has 1 atom stereocenters. The number of amides is 1. The highest BCUT2D eigenvalue weighted by Gasteiger charge is 2.22. The van der Waals surface area contributed by atoms with E-state index in [-0.39, 0.29) is 11.9 Å². The fourth-order valence-electron chi connectivity index (χ4n) is 3.40. The molecule has 4 nitrogen and oxygen atoms in total. The molecule has 1 aromatic carbocycles. The lowest BCUT2D eigenvalue weighted by molar-refractivity contribution is -0.691. The number of hydrogen-bond donors (Lipinski definition) is 2. The second kappa shape index (κ2) is 8.68. The van der Waals surface area contributed by atoms with E-state index in [0.717, 1.165) is 40.4 Å². The van der Waals surface area contributed by atoms with Crippen LogP contribution in [0, 0.1) is 11.3 Å². The number of carbonyl (C=O) groups excluding carboxylic acids is 1. The van der Waals surface area contributed by atoms with Gasteiger partial charge in [-0.2, -0.15) is 5.26 Å². The third-order valence-corrected chi connectivity index (χ3v) is 6.37. The van der Waals surface area contributed by atoms with Crippen molar-refractivity contribution in [2.24, 2.45) is 0 Å². The maximum absolute atomic E-state index is 12.3. The van der Waals surface area contributed by atoms with Gasteiger partial charge in [0.1, 0.15) is 17.1 Å². The van der Waals surface area contributed by atoms with Crippen molar-refractivity contribution in [1.82, 2.24) is 0 Å². The molecule has 136 valence electrons. The Bertz CT molecular complexity index is 840. The van der Waals surface area contributed by atoms with E-state index >= 15 is 0 Å². The summed E-state index contributed by atoms with van der Waals surface area (Å²) in [6.07, 6.45) is 4.67. The fraction of sp³-hybridized carbons (Fsp3) is 0.400. The quantitative estimate of drug-likeness (QED) is 0.790. The molecule has 0 bridgehead atoms. The average Bonchev–Trinajstić information content (AvgIpc) is 2.98.